The number of anilines is 1. The van der Waals surface area contributed by atoms with E-state index in [0.717, 1.165) is 12.0 Å². The largest absolute Gasteiger partial charge is 0.332 e. The van der Waals surface area contributed by atoms with Gasteiger partial charge in [0, 0.05) is 43.2 Å². The number of nitrogens with one attached hydrogen (secondary N) is 1. The maximum Gasteiger partial charge on any atom is 0.254 e. The molecule has 24 heavy (non-hydrogen) atoms. The molecule has 1 N–H and O–H groups in total. The van der Waals surface area contributed by atoms with Gasteiger partial charge in [-0.3, -0.25) is 14.6 Å². The molecule has 0 fully saturated rings. The molecule has 2 amide bonds. The molecule has 2 aromatic rings. The fraction of sp³-hybridized carbons (Fsp3) is 0.316. The zero-order valence-corrected chi connectivity index (χ0v) is 14.3. The van der Waals surface area contributed by atoms with Crippen LogP contribution in [0.15, 0.2) is 48.8 Å². The zero-order valence-electron chi connectivity index (χ0n) is 14.3. The van der Waals surface area contributed by atoms with Gasteiger partial charge in [0.25, 0.3) is 5.91 Å². The summed E-state index contributed by atoms with van der Waals surface area (Å²) in [5.41, 5.74) is 2.17. The van der Waals surface area contributed by atoms with Gasteiger partial charge in [-0.05, 0) is 43.2 Å². The third-order valence-corrected chi connectivity index (χ3v) is 3.89. The minimum atomic E-state index is -0.159. The van der Waals surface area contributed by atoms with E-state index in [2.05, 4.69) is 17.2 Å². The summed E-state index contributed by atoms with van der Waals surface area (Å²) in [6.45, 7) is 6.04. The smallest absolute Gasteiger partial charge is 0.254 e. The van der Waals surface area contributed by atoms with Crippen molar-refractivity contribution >= 4 is 17.5 Å². The van der Waals surface area contributed by atoms with Gasteiger partial charge in [-0.2, -0.15) is 0 Å². The average Bonchev–Trinajstić information content (AvgIpc) is 2.59. The summed E-state index contributed by atoms with van der Waals surface area (Å²) in [5.74, 6) is -0.214. The summed E-state index contributed by atoms with van der Waals surface area (Å²) in [6, 6.07) is 11.0. The van der Waals surface area contributed by atoms with Crippen molar-refractivity contribution in [2.45, 2.75) is 39.8 Å². The summed E-state index contributed by atoms with van der Waals surface area (Å²) in [5, 5.41) is 2.71. The third-order valence-electron chi connectivity index (χ3n) is 3.89. The molecule has 0 spiro atoms. The van der Waals surface area contributed by atoms with Crippen molar-refractivity contribution in [1.82, 2.24) is 9.88 Å². The molecular weight excluding hydrogens is 302 g/mol. The Labute approximate surface area is 142 Å². The fourth-order valence-electron chi connectivity index (χ4n) is 2.44. The Balaban J connectivity index is 2.25. The molecule has 0 unspecified atom stereocenters. The van der Waals surface area contributed by atoms with Crippen LogP contribution in [0.25, 0.3) is 0 Å². The summed E-state index contributed by atoms with van der Waals surface area (Å²) in [6.07, 6.45) is 4.35. The Morgan fingerprint density at radius 1 is 1.25 bits per heavy atom. The summed E-state index contributed by atoms with van der Waals surface area (Å²) >= 11 is 0. The molecule has 0 radical (unpaired) electrons. The molecule has 1 aromatic carbocycles. The van der Waals surface area contributed by atoms with Crippen molar-refractivity contribution in [3.63, 3.8) is 0 Å². The second-order valence-electron chi connectivity index (χ2n) is 5.81. The van der Waals surface area contributed by atoms with Crippen molar-refractivity contribution in [2.75, 3.05) is 5.32 Å². The van der Waals surface area contributed by atoms with E-state index >= 15 is 0 Å². The number of rotatable bonds is 6. The first-order valence-corrected chi connectivity index (χ1v) is 8.08. The van der Waals surface area contributed by atoms with Gasteiger partial charge in [0.2, 0.25) is 5.91 Å². The van der Waals surface area contributed by atoms with E-state index in [0.29, 0.717) is 17.8 Å². The fourth-order valence-corrected chi connectivity index (χ4v) is 2.44. The van der Waals surface area contributed by atoms with Gasteiger partial charge in [0.05, 0.1) is 0 Å². The highest BCUT2D eigenvalue weighted by molar-refractivity contribution is 5.97. The second-order valence-corrected chi connectivity index (χ2v) is 5.81. The van der Waals surface area contributed by atoms with Crippen molar-refractivity contribution < 1.29 is 9.59 Å². The molecule has 0 aliphatic rings. The molecule has 0 aliphatic heterocycles. The second kappa shape index (κ2) is 8.24. The number of carbonyl (C=O) groups is 2. The lowest BCUT2D eigenvalue weighted by Gasteiger charge is -2.29. The van der Waals surface area contributed by atoms with E-state index in [1.807, 2.05) is 24.0 Å². The predicted molar refractivity (Wildman–Crippen MR) is 94.6 cm³/mol. The molecule has 0 aliphatic carbocycles. The molecule has 2 rings (SSSR count). The van der Waals surface area contributed by atoms with E-state index in [-0.39, 0.29) is 17.9 Å². The van der Waals surface area contributed by atoms with Gasteiger partial charge < -0.3 is 10.2 Å². The van der Waals surface area contributed by atoms with Crippen LogP contribution in [0.5, 0.6) is 0 Å². The molecule has 126 valence electrons. The van der Waals surface area contributed by atoms with Gasteiger partial charge in [-0.1, -0.05) is 19.1 Å². The van der Waals surface area contributed by atoms with Crippen LogP contribution in [0, 0.1) is 0 Å². The number of hydrogen-bond donors (Lipinski definition) is 1. The van der Waals surface area contributed by atoms with Gasteiger partial charge >= 0.3 is 0 Å². The van der Waals surface area contributed by atoms with Crippen LogP contribution < -0.4 is 5.32 Å². The number of hydrogen-bond acceptors (Lipinski definition) is 3. The molecule has 0 saturated heterocycles. The summed E-state index contributed by atoms with van der Waals surface area (Å²) < 4.78 is 0. The molecule has 0 saturated carbocycles. The summed E-state index contributed by atoms with van der Waals surface area (Å²) in [7, 11) is 0. The van der Waals surface area contributed by atoms with E-state index in [1.54, 1.807) is 36.7 Å². The van der Waals surface area contributed by atoms with E-state index in [1.165, 1.54) is 6.92 Å². The number of pyridine rings is 1. The monoisotopic (exact) mass is 325 g/mol. The highest BCUT2D eigenvalue weighted by atomic mass is 16.2. The number of benzene rings is 1. The SMILES string of the molecule is CC[C@H](C)N(Cc1cccnc1)C(=O)c1cccc(NC(C)=O)c1. The summed E-state index contributed by atoms with van der Waals surface area (Å²) in [4.78, 5) is 30.1. The Bertz CT molecular complexity index is 701. The molecule has 1 heterocycles. The first-order valence-electron chi connectivity index (χ1n) is 8.08. The molecule has 0 bridgehead atoms. The van der Waals surface area contributed by atoms with Crippen LogP contribution in [0.3, 0.4) is 0 Å². The van der Waals surface area contributed by atoms with Gasteiger partial charge in [-0.25, -0.2) is 0 Å². The number of amides is 2. The molecule has 5 nitrogen and oxygen atoms in total. The lowest BCUT2D eigenvalue weighted by Crippen LogP contribution is -2.37. The minimum absolute atomic E-state index is 0.0552. The first kappa shape index (κ1) is 17.7. The predicted octanol–water partition coefficient (Wildman–Crippen LogP) is 3.48. The molecular formula is C19H23N3O2. The highest BCUT2D eigenvalue weighted by Crippen LogP contribution is 2.17. The van der Waals surface area contributed by atoms with Gasteiger partial charge in [-0.15, -0.1) is 0 Å². The van der Waals surface area contributed by atoms with Crippen LogP contribution in [0.2, 0.25) is 0 Å². The van der Waals surface area contributed by atoms with Crippen LogP contribution in [-0.4, -0.2) is 27.7 Å². The minimum Gasteiger partial charge on any atom is -0.332 e. The maximum absolute atomic E-state index is 13.0. The van der Waals surface area contributed by atoms with Crippen LogP contribution >= 0.6 is 0 Å². The van der Waals surface area contributed by atoms with Crippen LogP contribution in [0.1, 0.15) is 43.1 Å². The van der Waals surface area contributed by atoms with Crippen molar-refractivity contribution in [1.29, 1.82) is 0 Å². The van der Waals surface area contributed by atoms with Crippen molar-refractivity contribution in [2.24, 2.45) is 0 Å². The Hall–Kier alpha value is -2.69. The Morgan fingerprint density at radius 3 is 2.67 bits per heavy atom. The average molecular weight is 325 g/mol. The quantitative estimate of drug-likeness (QED) is 0.884. The number of nitrogens with zero attached hydrogens (tertiary/aromatic N) is 2. The van der Waals surface area contributed by atoms with Gasteiger partial charge in [0.15, 0.2) is 0 Å². The van der Waals surface area contributed by atoms with Gasteiger partial charge in [0.1, 0.15) is 0 Å². The van der Waals surface area contributed by atoms with E-state index in [4.69, 9.17) is 0 Å². The third kappa shape index (κ3) is 4.65. The van der Waals surface area contributed by atoms with Crippen molar-refractivity contribution in [3.05, 3.63) is 59.9 Å². The standard InChI is InChI=1S/C19H23N3O2/c1-4-14(2)22(13-16-7-6-10-20-12-16)19(24)17-8-5-9-18(11-17)21-15(3)23/h5-12,14H,4,13H2,1-3H3,(H,21,23)/t14-/m0/s1. The highest BCUT2D eigenvalue weighted by Gasteiger charge is 2.21. The van der Waals surface area contributed by atoms with E-state index in [9.17, 15) is 9.59 Å². The van der Waals surface area contributed by atoms with Crippen LogP contribution in [-0.2, 0) is 11.3 Å². The van der Waals surface area contributed by atoms with Crippen molar-refractivity contribution in [3.8, 4) is 0 Å². The number of carbonyl (C=O) groups excluding carboxylic acids is 2. The first-order chi connectivity index (χ1) is 11.5. The number of aromatic nitrogens is 1. The van der Waals surface area contributed by atoms with E-state index < -0.39 is 0 Å². The zero-order chi connectivity index (χ0) is 17.5. The molecule has 1 atom stereocenters. The lowest BCUT2D eigenvalue weighted by molar-refractivity contribution is -0.114. The topological polar surface area (TPSA) is 62.3 Å². The molecule has 1 aromatic heterocycles. The lowest BCUT2D eigenvalue weighted by atomic mass is 10.1. The van der Waals surface area contributed by atoms with Crippen LogP contribution in [0.4, 0.5) is 5.69 Å². The Kier molecular flexibility index (Phi) is 6.07. The Morgan fingerprint density at radius 2 is 2.04 bits per heavy atom. The molecule has 5 heteroatoms. The normalized spacial score (nSPS) is 11.6. The maximum atomic E-state index is 13.0.